The summed E-state index contributed by atoms with van der Waals surface area (Å²) < 4.78 is 1.39. The molecule has 0 spiro atoms. The Bertz CT molecular complexity index is 963. The summed E-state index contributed by atoms with van der Waals surface area (Å²) >= 11 is 12.0. The first-order chi connectivity index (χ1) is 11.5. The average Bonchev–Trinajstić information content (AvgIpc) is 3.29. The lowest BCUT2D eigenvalue weighted by molar-refractivity contribution is 0.413. The Kier molecular flexibility index (Phi) is 3.62. The predicted molar refractivity (Wildman–Crippen MR) is 92.8 cm³/mol. The van der Waals surface area contributed by atoms with E-state index in [9.17, 15) is 9.90 Å². The van der Waals surface area contributed by atoms with Gasteiger partial charge in [0.05, 0.1) is 21.9 Å². The summed E-state index contributed by atoms with van der Waals surface area (Å²) in [5.41, 5.74) is 2.44. The van der Waals surface area contributed by atoms with Crippen LogP contribution in [0.25, 0.3) is 11.3 Å². The molecule has 2 heterocycles. The second-order valence-electron chi connectivity index (χ2n) is 5.84. The van der Waals surface area contributed by atoms with Crippen molar-refractivity contribution in [2.24, 2.45) is 0 Å². The van der Waals surface area contributed by atoms with Crippen molar-refractivity contribution in [3.05, 3.63) is 68.8 Å². The van der Waals surface area contributed by atoms with Crippen LogP contribution in [-0.4, -0.2) is 19.6 Å². The van der Waals surface area contributed by atoms with Gasteiger partial charge in [0.15, 0.2) is 0 Å². The Labute approximate surface area is 147 Å². The van der Waals surface area contributed by atoms with Crippen molar-refractivity contribution >= 4 is 23.2 Å². The molecule has 0 bridgehead atoms. The first kappa shape index (κ1) is 15.3. The molecule has 1 saturated carbocycles. The lowest BCUT2D eigenvalue weighted by Gasteiger charge is -2.05. The molecule has 122 valence electrons. The maximum atomic E-state index is 11.7. The van der Waals surface area contributed by atoms with E-state index in [0.29, 0.717) is 10.0 Å². The molecule has 0 amide bonds. The molecule has 1 aromatic carbocycles. The van der Waals surface area contributed by atoms with Gasteiger partial charge in [0.2, 0.25) is 5.88 Å². The molecule has 4 rings (SSSR count). The number of hydrogen-bond acceptors (Lipinski definition) is 3. The van der Waals surface area contributed by atoms with Crippen molar-refractivity contribution < 1.29 is 5.11 Å². The van der Waals surface area contributed by atoms with Crippen LogP contribution < -0.4 is 5.69 Å². The van der Waals surface area contributed by atoms with Crippen LogP contribution >= 0.6 is 23.2 Å². The number of H-pyrrole nitrogens is 1. The monoisotopic (exact) mass is 361 g/mol. The number of nitrogens with zero attached hydrogens (tertiary/aromatic N) is 2. The van der Waals surface area contributed by atoms with Crippen molar-refractivity contribution in [1.82, 2.24) is 14.5 Å². The summed E-state index contributed by atoms with van der Waals surface area (Å²) in [5, 5.41) is 10.7. The highest BCUT2D eigenvalue weighted by atomic mass is 35.5. The van der Waals surface area contributed by atoms with E-state index >= 15 is 0 Å². The minimum Gasteiger partial charge on any atom is -0.493 e. The average molecular weight is 362 g/mol. The number of benzene rings is 1. The van der Waals surface area contributed by atoms with E-state index in [0.717, 1.165) is 23.2 Å². The van der Waals surface area contributed by atoms with Crippen molar-refractivity contribution in [3.63, 3.8) is 0 Å². The summed E-state index contributed by atoms with van der Waals surface area (Å²) in [6.07, 6.45) is 3.92. The van der Waals surface area contributed by atoms with Crippen LogP contribution in [0, 0.1) is 0 Å². The summed E-state index contributed by atoms with van der Waals surface area (Å²) in [6.45, 7) is 0. The quantitative estimate of drug-likeness (QED) is 0.740. The predicted octanol–water partition coefficient (Wildman–Crippen LogP) is 3.98. The topological polar surface area (TPSA) is 70.9 Å². The fourth-order valence-corrected chi connectivity index (χ4v) is 3.26. The lowest BCUT2D eigenvalue weighted by atomic mass is 10.1. The molecule has 2 N–H and O–H groups in total. The van der Waals surface area contributed by atoms with Crippen LogP contribution in [0.1, 0.15) is 23.9 Å². The zero-order valence-electron chi connectivity index (χ0n) is 12.4. The van der Waals surface area contributed by atoms with Gasteiger partial charge in [-0.3, -0.25) is 9.55 Å². The maximum Gasteiger partial charge on any atom is 0.328 e. The highest BCUT2D eigenvalue weighted by Crippen LogP contribution is 2.51. The summed E-state index contributed by atoms with van der Waals surface area (Å²) in [4.78, 5) is 18.7. The van der Waals surface area contributed by atoms with Crippen molar-refractivity contribution in [2.45, 2.75) is 18.4 Å². The minimum absolute atomic E-state index is 0.0265. The smallest absolute Gasteiger partial charge is 0.328 e. The third-order valence-electron chi connectivity index (χ3n) is 4.31. The number of rotatable bonds is 3. The number of hydrogen-bond donors (Lipinski definition) is 2. The molecule has 5 nitrogen and oxygen atoms in total. The molecule has 1 aliphatic rings. The molecule has 2 aromatic heterocycles. The van der Waals surface area contributed by atoms with Gasteiger partial charge in [0.1, 0.15) is 0 Å². The van der Waals surface area contributed by atoms with Gasteiger partial charge in [-0.05, 0) is 30.2 Å². The van der Waals surface area contributed by atoms with E-state index < -0.39 is 0 Å². The number of aromatic nitrogens is 3. The summed E-state index contributed by atoms with van der Waals surface area (Å²) in [7, 11) is 0. The van der Waals surface area contributed by atoms with Gasteiger partial charge < -0.3 is 10.1 Å². The molecule has 2 atom stereocenters. The van der Waals surface area contributed by atoms with Crippen LogP contribution in [0.5, 0.6) is 5.88 Å². The third-order valence-corrected chi connectivity index (χ3v) is 5.05. The first-order valence-electron chi connectivity index (χ1n) is 7.45. The van der Waals surface area contributed by atoms with Gasteiger partial charge in [-0.2, -0.15) is 0 Å². The van der Waals surface area contributed by atoms with Crippen LogP contribution in [-0.2, 0) is 0 Å². The summed E-state index contributed by atoms with van der Waals surface area (Å²) in [5.74, 6) is 0.146. The number of aromatic hydroxyl groups is 1. The molecule has 0 unspecified atom stereocenters. The SMILES string of the molecule is O=c1[nH]cc(O)n1[C@H]1C[C@@H]1c1ccc(-c2ccc(Cl)c(Cl)c2)nc1. The van der Waals surface area contributed by atoms with Crippen molar-refractivity contribution in [3.8, 4) is 17.1 Å². The first-order valence-corrected chi connectivity index (χ1v) is 8.20. The number of aromatic amines is 1. The van der Waals surface area contributed by atoms with Gasteiger partial charge in [-0.25, -0.2) is 4.79 Å². The molecule has 0 radical (unpaired) electrons. The highest BCUT2D eigenvalue weighted by Gasteiger charge is 2.42. The second kappa shape index (κ2) is 5.69. The Balaban J connectivity index is 1.57. The molecule has 1 aliphatic carbocycles. The molecule has 0 aliphatic heterocycles. The fraction of sp³-hybridized carbons (Fsp3) is 0.176. The molecule has 3 aromatic rings. The Morgan fingerprint density at radius 1 is 1.21 bits per heavy atom. The lowest BCUT2D eigenvalue weighted by Crippen LogP contribution is -2.15. The van der Waals surface area contributed by atoms with E-state index in [-0.39, 0.29) is 23.5 Å². The normalized spacial score (nSPS) is 19.4. The zero-order valence-corrected chi connectivity index (χ0v) is 13.9. The van der Waals surface area contributed by atoms with Crippen LogP contribution in [0.3, 0.4) is 0 Å². The zero-order chi connectivity index (χ0) is 16.8. The van der Waals surface area contributed by atoms with Crippen LogP contribution in [0.4, 0.5) is 0 Å². The van der Waals surface area contributed by atoms with Crippen LogP contribution in [0.15, 0.2) is 47.5 Å². The van der Waals surface area contributed by atoms with Crippen molar-refractivity contribution in [2.75, 3.05) is 0 Å². The molecular formula is C17H13Cl2N3O2. The van der Waals surface area contributed by atoms with E-state index in [4.69, 9.17) is 23.2 Å². The van der Waals surface area contributed by atoms with Crippen LogP contribution in [0.2, 0.25) is 10.0 Å². The highest BCUT2D eigenvalue weighted by molar-refractivity contribution is 6.42. The number of pyridine rings is 1. The van der Waals surface area contributed by atoms with Gasteiger partial charge in [-0.1, -0.05) is 35.3 Å². The Hall–Kier alpha value is -2.24. The number of nitrogens with one attached hydrogen (secondary N) is 1. The number of halogens is 2. The molecular weight excluding hydrogens is 349 g/mol. The van der Waals surface area contributed by atoms with E-state index in [2.05, 4.69) is 9.97 Å². The minimum atomic E-state index is -0.291. The largest absolute Gasteiger partial charge is 0.493 e. The van der Waals surface area contributed by atoms with Gasteiger partial charge in [0, 0.05) is 23.7 Å². The van der Waals surface area contributed by atoms with E-state index in [1.807, 2.05) is 18.2 Å². The van der Waals surface area contributed by atoms with Gasteiger partial charge in [0.25, 0.3) is 0 Å². The second-order valence-corrected chi connectivity index (χ2v) is 6.65. The van der Waals surface area contributed by atoms with Crippen molar-refractivity contribution in [1.29, 1.82) is 0 Å². The molecule has 24 heavy (non-hydrogen) atoms. The molecule has 1 fully saturated rings. The summed E-state index contributed by atoms with van der Waals surface area (Å²) in [6, 6.07) is 9.28. The van der Waals surface area contributed by atoms with E-state index in [1.165, 1.54) is 10.8 Å². The third kappa shape index (κ3) is 2.60. The Morgan fingerprint density at radius 3 is 2.67 bits per heavy atom. The van der Waals surface area contributed by atoms with E-state index in [1.54, 1.807) is 18.3 Å². The standard InChI is InChI=1S/C17H13Cl2N3O2/c18-12-3-1-9(5-13(12)19)14-4-2-10(7-20-14)11-6-15(11)22-16(23)8-21-17(22)24/h1-5,7-8,11,15,23H,6H2,(H,21,24)/t11-,15+/m1/s1. The van der Waals surface area contributed by atoms with Gasteiger partial charge >= 0.3 is 5.69 Å². The maximum absolute atomic E-state index is 11.7. The number of imidazole rings is 1. The fourth-order valence-electron chi connectivity index (χ4n) is 2.97. The Morgan fingerprint density at radius 2 is 2.04 bits per heavy atom. The van der Waals surface area contributed by atoms with Gasteiger partial charge in [-0.15, -0.1) is 0 Å². The molecule has 7 heteroatoms. The molecule has 0 saturated heterocycles.